The lowest BCUT2D eigenvalue weighted by atomic mass is 10.1. The molecule has 4 rings (SSSR count). The third-order valence-corrected chi connectivity index (χ3v) is 7.50. The molecule has 2 amide bonds. The summed E-state index contributed by atoms with van der Waals surface area (Å²) in [5.74, 6) is 3.14. The standard InChI is InChI=1S/C37H42N2O6/c1-25-9-11-27(20-33(25)43-4)15-17-38-36(40)23-29-7-6-8-31(19-29)45-35-22-30(13-14-32(35)42-3)24-37(41)39-18-16-28-12-10-26(2)34(21-28)44-5/h6-14,19-22H,15-18,23-24H2,1-5H3,(H,38,40)(H,39,41). The summed E-state index contributed by atoms with van der Waals surface area (Å²) in [6, 6.07) is 25.0. The third-order valence-electron chi connectivity index (χ3n) is 7.50. The summed E-state index contributed by atoms with van der Waals surface area (Å²) in [7, 11) is 4.89. The van der Waals surface area contributed by atoms with E-state index >= 15 is 0 Å². The molecule has 0 atom stereocenters. The van der Waals surface area contributed by atoms with Gasteiger partial charge in [0.2, 0.25) is 11.8 Å². The third kappa shape index (κ3) is 9.76. The van der Waals surface area contributed by atoms with E-state index in [9.17, 15) is 9.59 Å². The second kappa shape index (κ2) is 16.2. The maximum atomic E-state index is 12.7. The number of aryl methyl sites for hydroxylation is 2. The highest BCUT2D eigenvalue weighted by molar-refractivity contribution is 5.79. The molecule has 4 aromatic rings. The molecule has 2 N–H and O–H groups in total. The Morgan fingerprint density at radius 2 is 1.04 bits per heavy atom. The number of carbonyl (C=O) groups is 2. The van der Waals surface area contributed by atoms with Crippen molar-refractivity contribution in [3.05, 3.63) is 112 Å². The molecule has 0 aromatic heterocycles. The van der Waals surface area contributed by atoms with Crippen molar-refractivity contribution in [2.45, 2.75) is 39.5 Å². The number of rotatable bonds is 15. The van der Waals surface area contributed by atoms with Gasteiger partial charge in [-0.15, -0.1) is 0 Å². The van der Waals surface area contributed by atoms with Gasteiger partial charge in [-0.1, -0.05) is 42.5 Å². The van der Waals surface area contributed by atoms with Gasteiger partial charge in [-0.25, -0.2) is 0 Å². The van der Waals surface area contributed by atoms with Gasteiger partial charge in [-0.2, -0.15) is 0 Å². The first kappa shape index (κ1) is 32.9. The van der Waals surface area contributed by atoms with Crippen LogP contribution in [0.3, 0.4) is 0 Å². The first-order valence-electron chi connectivity index (χ1n) is 15.0. The fourth-order valence-corrected chi connectivity index (χ4v) is 4.98. The summed E-state index contributed by atoms with van der Waals surface area (Å²) in [6.45, 7) is 5.05. The largest absolute Gasteiger partial charge is 0.496 e. The molecule has 4 aromatic carbocycles. The van der Waals surface area contributed by atoms with Gasteiger partial charge in [0.15, 0.2) is 11.5 Å². The van der Waals surface area contributed by atoms with Crippen molar-refractivity contribution in [2.24, 2.45) is 0 Å². The molecule has 0 aliphatic rings. The number of ether oxygens (including phenoxy) is 4. The quantitative estimate of drug-likeness (QED) is 0.173. The van der Waals surface area contributed by atoms with Crippen LogP contribution in [0.2, 0.25) is 0 Å². The molecule has 0 radical (unpaired) electrons. The predicted molar refractivity (Wildman–Crippen MR) is 176 cm³/mol. The minimum Gasteiger partial charge on any atom is -0.496 e. The normalized spacial score (nSPS) is 10.6. The summed E-state index contributed by atoms with van der Waals surface area (Å²) in [5.41, 5.74) is 5.97. The molecule has 0 saturated heterocycles. The molecule has 236 valence electrons. The van der Waals surface area contributed by atoms with Crippen molar-refractivity contribution < 1.29 is 28.5 Å². The van der Waals surface area contributed by atoms with Gasteiger partial charge < -0.3 is 29.6 Å². The number of benzene rings is 4. The Balaban J connectivity index is 1.29. The smallest absolute Gasteiger partial charge is 0.224 e. The van der Waals surface area contributed by atoms with Crippen LogP contribution in [0.4, 0.5) is 0 Å². The average Bonchev–Trinajstić information content (AvgIpc) is 3.03. The molecule has 0 spiro atoms. The number of nitrogens with one attached hydrogen (secondary N) is 2. The highest BCUT2D eigenvalue weighted by Gasteiger charge is 2.12. The summed E-state index contributed by atoms with van der Waals surface area (Å²) >= 11 is 0. The molecule has 45 heavy (non-hydrogen) atoms. The monoisotopic (exact) mass is 610 g/mol. The van der Waals surface area contributed by atoms with Crippen molar-refractivity contribution in [3.63, 3.8) is 0 Å². The highest BCUT2D eigenvalue weighted by Crippen LogP contribution is 2.33. The van der Waals surface area contributed by atoms with Crippen LogP contribution in [0, 0.1) is 13.8 Å². The lowest BCUT2D eigenvalue weighted by Crippen LogP contribution is -2.27. The molecule has 0 heterocycles. The zero-order valence-corrected chi connectivity index (χ0v) is 26.7. The lowest BCUT2D eigenvalue weighted by molar-refractivity contribution is -0.121. The molecule has 0 unspecified atom stereocenters. The number of amides is 2. The zero-order valence-electron chi connectivity index (χ0n) is 26.7. The topological polar surface area (TPSA) is 95.1 Å². The van der Waals surface area contributed by atoms with Crippen LogP contribution in [0.1, 0.15) is 33.4 Å². The van der Waals surface area contributed by atoms with Crippen LogP contribution in [-0.4, -0.2) is 46.2 Å². The highest BCUT2D eigenvalue weighted by atomic mass is 16.5. The Bertz CT molecular complexity index is 1620. The van der Waals surface area contributed by atoms with E-state index in [1.54, 1.807) is 27.4 Å². The van der Waals surface area contributed by atoms with Gasteiger partial charge in [0, 0.05) is 13.1 Å². The number of hydrogen-bond donors (Lipinski definition) is 2. The average molecular weight is 611 g/mol. The molecular weight excluding hydrogens is 568 g/mol. The maximum absolute atomic E-state index is 12.7. The zero-order chi connectivity index (χ0) is 32.2. The number of hydrogen-bond acceptors (Lipinski definition) is 6. The summed E-state index contributed by atoms with van der Waals surface area (Å²) in [6.07, 6.45) is 1.84. The van der Waals surface area contributed by atoms with Crippen molar-refractivity contribution in [2.75, 3.05) is 34.4 Å². The van der Waals surface area contributed by atoms with Crippen molar-refractivity contribution >= 4 is 11.8 Å². The molecule has 0 aliphatic carbocycles. The van der Waals surface area contributed by atoms with Gasteiger partial charge in [0.1, 0.15) is 17.2 Å². The van der Waals surface area contributed by atoms with E-state index in [0.717, 1.165) is 44.9 Å². The van der Waals surface area contributed by atoms with E-state index in [1.165, 1.54) is 0 Å². The first-order valence-corrected chi connectivity index (χ1v) is 15.0. The van der Waals surface area contributed by atoms with Crippen LogP contribution >= 0.6 is 0 Å². The number of carbonyl (C=O) groups excluding carboxylic acids is 2. The second-order valence-corrected chi connectivity index (χ2v) is 10.9. The molecule has 8 heteroatoms. The fraction of sp³-hybridized carbons (Fsp3) is 0.297. The minimum absolute atomic E-state index is 0.0710. The molecule has 8 nitrogen and oxygen atoms in total. The van der Waals surface area contributed by atoms with Gasteiger partial charge in [0.05, 0.1) is 34.2 Å². The molecule has 0 saturated carbocycles. The molecule has 0 bridgehead atoms. The second-order valence-electron chi connectivity index (χ2n) is 10.9. The summed E-state index contributed by atoms with van der Waals surface area (Å²) in [4.78, 5) is 25.4. The Morgan fingerprint density at radius 1 is 0.556 bits per heavy atom. The van der Waals surface area contributed by atoms with Crippen molar-refractivity contribution in [1.29, 1.82) is 0 Å². The Hall–Kier alpha value is -4.98. The van der Waals surface area contributed by atoms with E-state index in [4.69, 9.17) is 18.9 Å². The van der Waals surface area contributed by atoms with Crippen LogP contribution in [-0.2, 0) is 35.3 Å². The molecule has 0 fully saturated rings. The fourth-order valence-electron chi connectivity index (χ4n) is 4.98. The predicted octanol–water partition coefficient (Wildman–Crippen LogP) is 5.92. The SMILES string of the molecule is COc1cc(CCNC(=O)Cc2cccc(Oc3cc(CC(=O)NCCc4ccc(C)c(OC)c4)ccc3OC)c2)ccc1C. The van der Waals surface area contributed by atoms with Gasteiger partial charge in [-0.3, -0.25) is 9.59 Å². The van der Waals surface area contributed by atoms with Crippen molar-refractivity contribution in [1.82, 2.24) is 10.6 Å². The van der Waals surface area contributed by atoms with Crippen LogP contribution < -0.4 is 29.6 Å². The van der Waals surface area contributed by atoms with Crippen molar-refractivity contribution in [3.8, 4) is 28.7 Å². The maximum Gasteiger partial charge on any atom is 0.224 e. The van der Waals surface area contributed by atoms with Crippen LogP contribution in [0.5, 0.6) is 28.7 Å². The molecule has 0 aliphatic heterocycles. The van der Waals surface area contributed by atoms with Gasteiger partial charge in [0.25, 0.3) is 0 Å². The van der Waals surface area contributed by atoms with E-state index < -0.39 is 0 Å². The number of methoxy groups -OCH3 is 3. The lowest BCUT2D eigenvalue weighted by Gasteiger charge is -2.13. The first-order chi connectivity index (χ1) is 21.8. The van der Waals surface area contributed by atoms with Gasteiger partial charge >= 0.3 is 0 Å². The van der Waals surface area contributed by atoms with Crippen LogP contribution in [0.25, 0.3) is 0 Å². The van der Waals surface area contributed by atoms with Gasteiger partial charge in [-0.05, 0) is 96.5 Å². The van der Waals surface area contributed by atoms with E-state index in [-0.39, 0.29) is 24.7 Å². The Kier molecular flexibility index (Phi) is 11.8. The van der Waals surface area contributed by atoms with Crippen LogP contribution in [0.15, 0.2) is 78.9 Å². The minimum atomic E-state index is -0.0836. The van der Waals surface area contributed by atoms with E-state index in [0.29, 0.717) is 43.2 Å². The van der Waals surface area contributed by atoms with E-state index in [1.807, 2.05) is 86.6 Å². The Labute approximate surface area is 265 Å². The molecular formula is C37H42N2O6. The van der Waals surface area contributed by atoms with E-state index in [2.05, 4.69) is 10.6 Å². The summed E-state index contributed by atoms with van der Waals surface area (Å²) in [5, 5.41) is 5.98. The summed E-state index contributed by atoms with van der Waals surface area (Å²) < 4.78 is 22.5. The Morgan fingerprint density at radius 3 is 1.58 bits per heavy atom.